The Morgan fingerprint density at radius 3 is 2.50 bits per heavy atom. The molecule has 1 heterocycles. The van der Waals surface area contributed by atoms with Crippen LogP contribution in [0.5, 0.6) is 0 Å². The van der Waals surface area contributed by atoms with Crippen LogP contribution in [-0.4, -0.2) is 40.9 Å². The summed E-state index contributed by atoms with van der Waals surface area (Å²) in [6.45, 7) is 8.86. The number of rotatable bonds is 3. The van der Waals surface area contributed by atoms with E-state index in [1.165, 1.54) is 0 Å². The predicted molar refractivity (Wildman–Crippen MR) is 62.2 cm³/mol. The van der Waals surface area contributed by atoms with E-state index in [1.54, 1.807) is 4.90 Å². The minimum Gasteiger partial charge on any atom is -0.444 e. The minimum absolute atomic E-state index is 0.229. The van der Waals surface area contributed by atoms with E-state index in [1.807, 2.05) is 27.7 Å². The molecular weight excluding hydrogens is 206 g/mol. The summed E-state index contributed by atoms with van der Waals surface area (Å²) >= 11 is 0. The SMILES string of the molecule is CCCC(O)C1CN(C(=O)OC(C)(C)C)C1. The largest absolute Gasteiger partial charge is 0.444 e. The third kappa shape index (κ3) is 3.67. The Morgan fingerprint density at radius 1 is 1.50 bits per heavy atom. The van der Waals surface area contributed by atoms with E-state index < -0.39 is 5.60 Å². The average Bonchev–Trinajstić information content (AvgIpc) is 1.97. The molecular formula is C12H23NO3. The number of amides is 1. The van der Waals surface area contributed by atoms with Crippen molar-refractivity contribution in [2.24, 2.45) is 5.92 Å². The van der Waals surface area contributed by atoms with Gasteiger partial charge in [-0.1, -0.05) is 13.3 Å². The van der Waals surface area contributed by atoms with Gasteiger partial charge in [-0.15, -0.1) is 0 Å². The van der Waals surface area contributed by atoms with Crippen LogP contribution in [0.15, 0.2) is 0 Å². The van der Waals surface area contributed by atoms with Crippen LogP contribution in [0.2, 0.25) is 0 Å². The Morgan fingerprint density at radius 2 is 2.06 bits per heavy atom. The molecule has 0 aromatic heterocycles. The van der Waals surface area contributed by atoms with E-state index >= 15 is 0 Å². The van der Waals surface area contributed by atoms with Gasteiger partial charge in [0.25, 0.3) is 0 Å². The second-order valence-corrected chi connectivity index (χ2v) is 5.50. The number of hydrogen-bond donors (Lipinski definition) is 1. The van der Waals surface area contributed by atoms with E-state index in [4.69, 9.17) is 4.74 Å². The molecule has 4 heteroatoms. The summed E-state index contributed by atoms with van der Waals surface area (Å²) in [5.74, 6) is 0.229. The smallest absolute Gasteiger partial charge is 0.410 e. The Labute approximate surface area is 97.6 Å². The summed E-state index contributed by atoms with van der Waals surface area (Å²) < 4.78 is 5.24. The van der Waals surface area contributed by atoms with Crippen molar-refractivity contribution in [3.05, 3.63) is 0 Å². The molecule has 1 amide bonds. The summed E-state index contributed by atoms with van der Waals surface area (Å²) in [5.41, 5.74) is -0.440. The molecule has 1 unspecified atom stereocenters. The molecule has 0 aromatic rings. The maximum absolute atomic E-state index is 11.6. The first-order valence-electron chi connectivity index (χ1n) is 5.99. The van der Waals surface area contributed by atoms with Crippen molar-refractivity contribution >= 4 is 6.09 Å². The molecule has 1 fully saturated rings. The number of aliphatic hydroxyl groups is 1. The van der Waals surface area contributed by atoms with E-state index in [0.717, 1.165) is 12.8 Å². The van der Waals surface area contributed by atoms with Crippen molar-refractivity contribution < 1.29 is 14.6 Å². The van der Waals surface area contributed by atoms with Gasteiger partial charge in [-0.3, -0.25) is 0 Å². The van der Waals surface area contributed by atoms with Crippen LogP contribution in [0.1, 0.15) is 40.5 Å². The molecule has 0 bridgehead atoms. The van der Waals surface area contributed by atoms with Crippen molar-refractivity contribution in [3.63, 3.8) is 0 Å². The van der Waals surface area contributed by atoms with Crippen LogP contribution in [0, 0.1) is 5.92 Å². The number of hydrogen-bond acceptors (Lipinski definition) is 3. The quantitative estimate of drug-likeness (QED) is 0.805. The van der Waals surface area contributed by atoms with Gasteiger partial charge in [-0.25, -0.2) is 4.79 Å². The number of ether oxygens (including phenoxy) is 1. The van der Waals surface area contributed by atoms with Gasteiger partial charge in [0.15, 0.2) is 0 Å². The predicted octanol–water partition coefficient (Wildman–Crippen LogP) is 2.01. The fraction of sp³-hybridized carbons (Fsp3) is 0.917. The lowest BCUT2D eigenvalue weighted by Crippen LogP contribution is -2.55. The van der Waals surface area contributed by atoms with Crippen LogP contribution in [0.3, 0.4) is 0 Å². The molecule has 4 nitrogen and oxygen atoms in total. The fourth-order valence-corrected chi connectivity index (χ4v) is 1.76. The van der Waals surface area contributed by atoms with Gasteiger partial charge in [0.2, 0.25) is 0 Å². The molecule has 0 aromatic carbocycles. The molecule has 16 heavy (non-hydrogen) atoms. The van der Waals surface area contributed by atoms with Crippen molar-refractivity contribution in [1.82, 2.24) is 4.90 Å². The van der Waals surface area contributed by atoms with Gasteiger partial charge in [0.05, 0.1) is 6.10 Å². The molecule has 1 aliphatic heterocycles. The van der Waals surface area contributed by atoms with E-state index in [0.29, 0.717) is 13.1 Å². The van der Waals surface area contributed by atoms with Crippen molar-refractivity contribution in [1.29, 1.82) is 0 Å². The Balaban J connectivity index is 2.28. The fourth-order valence-electron chi connectivity index (χ4n) is 1.76. The number of likely N-dealkylation sites (tertiary alicyclic amines) is 1. The average molecular weight is 229 g/mol. The molecule has 0 spiro atoms. The third-order valence-corrected chi connectivity index (χ3v) is 2.69. The molecule has 1 aliphatic rings. The Kier molecular flexibility index (Phi) is 4.19. The lowest BCUT2D eigenvalue weighted by molar-refractivity contribution is -0.0324. The summed E-state index contributed by atoms with van der Waals surface area (Å²) in [4.78, 5) is 13.2. The van der Waals surface area contributed by atoms with Gasteiger partial charge in [0.1, 0.15) is 5.60 Å². The van der Waals surface area contributed by atoms with Crippen LogP contribution < -0.4 is 0 Å². The standard InChI is InChI=1S/C12H23NO3/c1-5-6-10(14)9-7-13(8-9)11(15)16-12(2,3)4/h9-10,14H,5-8H2,1-4H3. The zero-order valence-corrected chi connectivity index (χ0v) is 10.7. The summed E-state index contributed by atoms with van der Waals surface area (Å²) in [6.07, 6.45) is 1.24. The van der Waals surface area contributed by atoms with Crippen molar-refractivity contribution in [2.45, 2.75) is 52.2 Å². The number of carbonyl (C=O) groups excluding carboxylic acids is 1. The number of nitrogens with zero attached hydrogens (tertiary/aromatic N) is 1. The normalized spacial score (nSPS) is 19.2. The summed E-state index contributed by atoms with van der Waals surface area (Å²) in [7, 11) is 0. The second kappa shape index (κ2) is 5.04. The van der Waals surface area contributed by atoms with Gasteiger partial charge < -0.3 is 14.7 Å². The van der Waals surface area contributed by atoms with E-state index in [2.05, 4.69) is 0 Å². The molecule has 1 atom stereocenters. The van der Waals surface area contributed by atoms with Crippen LogP contribution in [0.25, 0.3) is 0 Å². The highest BCUT2D eigenvalue weighted by molar-refractivity contribution is 5.69. The maximum atomic E-state index is 11.6. The third-order valence-electron chi connectivity index (χ3n) is 2.69. The minimum atomic E-state index is -0.440. The number of carbonyl (C=O) groups is 1. The summed E-state index contributed by atoms with van der Waals surface area (Å²) in [5, 5.41) is 9.72. The molecule has 0 saturated carbocycles. The van der Waals surface area contributed by atoms with Gasteiger partial charge in [-0.05, 0) is 27.2 Å². The molecule has 1 saturated heterocycles. The van der Waals surface area contributed by atoms with Gasteiger partial charge in [-0.2, -0.15) is 0 Å². The Hall–Kier alpha value is -0.770. The van der Waals surface area contributed by atoms with Crippen LogP contribution in [0.4, 0.5) is 4.79 Å². The molecule has 1 rings (SSSR count). The lowest BCUT2D eigenvalue weighted by atomic mass is 9.91. The van der Waals surface area contributed by atoms with Crippen LogP contribution >= 0.6 is 0 Å². The maximum Gasteiger partial charge on any atom is 0.410 e. The van der Waals surface area contributed by atoms with Crippen molar-refractivity contribution in [3.8, 4) is 0 Å². The summed E-state index contributed by atoms with van der Waals surface area (Å²) in [6, 6.07) is 0. The first-order chi connectivity index (χ1) is 7.33. The topological polar surface area (TPSA) is 49.8 Å². The van der Waals surface area contributed by atoms with Gasteiger partial charge in [0, 0.05) is 19.0 Å². The number of aliphatic hydroxyl groups excluding tert-OH is 1. The first-order valence-corrected chi connectivity index (χ1v) is 5.99. The molecule has 0 radical (unpaired) electrons. The highest BCUT2D eigenvalue weighted by Crippen LogP contribution is 2.24. The lowest BCUT2D eigenvalue weighted by Gasteiger charge is -2.41. The van der Waals surface area contributed by atoms with Crippen LogP contribution in [-0.2, 0) is 4.74 Å². The molecule has 0 aliphatic carbocycles. The van der Waals surface area contributed by atoms with E-state index in [-0.39, 0.29) is 18.1 Å². The monoisotopic (exact) mass is 229 g/mol. The first kappa shape index (κ1) is 13.3. The zero-order valence-electron chi connectivity index (χ0n) is 10.7. The molecule has 1 N–H and O–H groups in total. The Bertz CT molecular complexity index is 241. The highest BCUT2D eigenvalue weighted by Gasteiger charge is 2.36. The highest BCUT2D eigenvalue weighted by atomic mass is 16.6. The van der Waals surface area contributed by atoms with Gasteiger partial charge >= 0.3 is 6.09 Å². The zero-order chi connectivity index (χ0) is 12.3. The van der Waals surface area contributed by atoms with E-state index in [9.17, 15) is 9.90 Å². The van der Waals surface area contributed by atoms with Crippen molar-refractivity contribution in [2.75, 3.05) is 13.1 Å². The second-order valence-electron chi connectivity index (χ2n) is 5.50. The molecule has 94 valence electrons.